The SMILES string of the molecule is c1ccc2c(c1)CCc1ccccc1-c1c-2nnn1C1CCCC1. The Labute approximate surface area is 142 Å². The zero-order chi connectivity index (χ0) is 15.9. The molecule has 0 atom stereocenters. The summed E-state index contributed by atoms with van der Waals surface area (Å²) in [5.74, 6) is 0. The van der Waals surface area contributed by atoms with Crippen LogP contribution in [0.4, 0.5) is 0 Å². The molecule has 0 amide bonds. The number of aryl methyl sites for hydroxylation is 2. The number of nitrogens with zero attached hydrogens (tertiary/aromatic N) is 3. The van der Waals surface area contributed by atoms with Crippen molar-refractivity contribution in [3.8, 4) is 22.5 Å². The van der Waals surface area contributed by atoms with E-state index in [9.17, 15) is 0 Å². The average Bonchev–Trinajstić information content (AvgIpc) is 3.28. The fourth-order valence-corrected chi connectivity index (χ4v) is 4.34. The molecule has 0 unspecified atom stereocenters. The number of rotatable bonds is 1. The molecule has 2 aromatic carbocycles. The van der Waals surface area contributed by atoms with Crippen LogP contribution in [0.1, 0.15) is 42.9 Å². The minimum atomic E-state index is 0.501. The molecule has 120 valence electrons. The number of hydrogen-bond donors (Lipinski definition) is 0. The second-order valence-electron chi connectivity index (χ2n) is 6.98. The van der Waals surface area contributed by atoms with E-state index in [0.29, 0.717) is 6.04 Å². The second-order valence-corrected chi connectivity index (χ2v) is 6.98. The fourth-order valence-electron chi connectivity index (χ4n) is 4.34. The van der Waals surface area contributed by atoms with E-state index in [1.54, 1.807) is 0 Å². The molecule has 2 aliphatic rings. The lowest BCUT2D eigenvalue weighted by atomic mass is 9.89. The van der Waals surface area contributed by atoms with Crippen molar-refractivity contribution in [1.29, 1.82) is 0 Å². The van der Waals surface area contributed by atoms with Crippen LogP contribution in [0.3, 0.4) is 0 Å². The molecule has 3 aromatic rings. The summed E-state index contributed by atoms with van der Waals surface area (Å²) in [4.78, 5) is 0. The Morgan fingerprint density at radius 3 is 2.17 bits per heavy atom. The summed E-state index contributed by atoms with van der Waals surface area (Å²) in [5.41, 5.74) is 7.65. The molecular weight excluding hydrogens is 294 g/mol. The lowest BCUT2D eigenvalue weighted by molar-refractivity contribution is 0.458. The Balaban J connectivity index is 1.80. The van der Waals surface area contributed by atoms with Crippen molar-refractivity contribution in [1.82, 2.24) is 15.0 Å². The van der Waals surface area contributed by atoms with Crippen LogP contribution in [-0.4, -0.2) is 15.0 Å². The molecule has 0 saturated heterocycles. The van der Waals surface area contributed by atoms with Gasteiger partial charge in [-0.25, -0.2) is 4.68 Å². The van der Waals surface area contributed by atoms with Crippen molar-refractivity contribution in [2.45, 2.75) is 44.6 Å². The summed E-state index contributed by atoms with van der Waals surface area (Å²) in [5, 5.41) is 9.28. The molecule has 1 saturated carbocycles. The molecular formula is C21H21N3. The molecule has 5 rings (SSSR count). The summed E-state index contributed by atoms with van der Waals surface area (Å²) >= 11 is 0. The van der Waals surface area contributed by atoms with Gasteiger partial charge in [0, 0.05) is 11.1 Å². The van der Waals surface area contributed by atoms with Crippen molar-refractivity contribution >= 4 is 0 Å². The number of fused-ring (bicyclic) bond motifs is 5. The summed E-state index contributed by atoms with van der Waals surface area (Å²) in [6.45, 7) is 0. The predicted molar refractivity (Wildman–Crippen MR) is 95.8 cm³/mol. The van der Waals surface area contributed by atoms with Gasteiger partial charge in [-0.1, -0.05) is 66.6 Å². The molecule has 0 radical (unpaired) electrons. The normalized spacial score (nSPS) is 16.8. The van der Waals surface area contributed by atoms with Gasteiger partial charge < -0.3 is 0 Å². The molecule has 2 aliphatic carbocycles. The van der Waals surface area contributed by atoms with E-state index in [1.807, 2.05) is 0 Å². The van der Waals surface area contributed by atoms with Crippen LogP contribution in [-0.2, 0) is 12.8 Å². The number of hydrogen-bond acceptors (Lipinski definition) is 2. The largest absolute Gasteiger partial charge is 0.241 e. The average molecular weight is 315 g/mol. The first-order chi connectivity index (χ1) is 11.9. The monoisotopic (exact) mass is 315 g/mol. The van der Waals surface area contributed by atoms with Crippen molar-refractivity contribution in [3.05, 3.63) is 59.7 Å². The minimum absolute atomic E-state index is 0.501. The van der Waals surface area contributed by atoms with Crippen molar-refractivity contribution in [2.75, 3.05) is 0 Å². The van der Waals surface area contributed by atoms with Gasteiger partial charge in [0.1, 0.15) is 5.69 Å². The highest BCUT2D eigenvalue weighted by molar-refractivity contribution is 5.82. The van der Waals surface area contributed by atoms with Crippen molar-refractivity contribution in [2.24, 2.45) is 0 Å². The zero-order valence-corrected chi connectivity index (χ0v) is 13.8. The molecule has 24 heavy (non-hydrogen) atoms. The first-order valence-electron chi connectivity index (χ1n) is 9.03. The van der Waals surface area contributed by atoms with Gasteiger partial charge in [-0.2, -0.15) is 0 Å². The summed E-state index contributed by atoms with van der Waals surface area (Å²) in [6.07, 6.45) is 7.18. The summed E-state index contributed by atoms with van der Waals surface area (Å²) in [7, 11) is 0. The highest BCUT2D eigenvalue weighted by Crippen LogP contribution is 2.40. The van der Waals surface area contributed by atoms with Crippen molar-refractivity contribution < 1.29 is 0 Å². The lowest BCUT2D eigenvalue weighted by Gasteiger charge is -2.20. The molecule has 0 N–H and O–H groups in total. The van der Waals surface area contributed by atoms with Gasteiger partial charge in [-0.3, -0.25) is 0 Å². The maximum Gasteiger partial charge on any atom is 0.121 e. The van der Waals surface area contributed by atoms with E-state index in [4.69, 9.17) is 0 Å². The van der Waals surface area contributed by atoms with Gasteiger partial charge in [-0.15, -0.1) is 5.10 Å². The molecule has 0 aliphatic heterocycles. The van der Waals surface area contributed by atoms with Crippen molar-refractivity contribution in [3.63, 3.8) is 0 Å². The van der Waals surface area contributed by atoms with E-state index in [1.165, 1.54) is 53.6 Å². The van der Waals surface area contributed by atoms with Crippen LogP contribution < -0.4 is 0 Å². The van der Waals surface area contributed by atoms with Crippen LogP contribution in [0, 0.1) is 0 Å². The molecule has 0 bridgehead atoms. The van der Waals surface area contributed by atoms with Crippen LogP contribution in [0.15, 0.2) is 48.5 Å². The zero-order valence-electron chi connectivity index (χ0n) is 13.8. The number of benzene rings is 2. The fraction of sp³-hybridized carbons (Fsp3) is 0.333. The molecule has 3 heteroatoms. The Morgan fingerprint density at radius 1 is 0.792 bits per heavy atom. The predicted octanol–water partition coefficient (Wildman–Crippen LogP) is 4.83. The molecule has 1 aromatic heterocycles. The van der Waals surface area contributed by atoms with Gasteiger partial charge in [-0.05, 0) is 36.8 Å². The highest BCUT2D eigenvalue weighted by atomic mass is 15.4. The highest BCUT2D eigenvalue weighted by Gasteiger charge is 2.27. The molecule has 3 nitrogen and oxygen atoms in total. The summed E-state index contributed by atoms with van der Waals surface area (Å²) < 4.78 is 2.23. The van der Waals surface area contributed by atoms with Gasteiger partial charge in [0.05, 0.1) is 11.7 Å². The van der Waals surface area contributed by atoms with Crippen LogP contribution in [0.2, 0.25) is 0 Å². The second kappa shape index (κ2) is 5.59. The Kier molecular flexibility index (Phi) is 3.25. The Bertz CT molecular complexity index is 888. The third-order valence-corrected chi connectivity index (χ3v) is 5.57. The standard InChI is InChI=1S/C21H21N3/c1-5-11-18-15(7-1)13-14-16-8-2-6-12-19(16)21-20(18)22-23-24(21)17-9-3-4-10-17/h1-2,5-8,11-12,17H,3-4,9-10,13-14H2. The lowest BCUT2D eigenvalue weighted by Crippen LogP contribution is -2.10. The summed E-state index contributed by atoms with van der Waals surface area (Å²) in [6, 6.07) is 18.0. The van der Waals surface area contributed by atoms with E-state index >= 15 is 0 Å². The van der Waals surface area contributed by atoms with Crippen LogP contribution in [0.25, 0.3) is 22.5 Å². The molecule has 1 fully saturated rings. The third kappa shape index (κ3) is 2.11. The maximum atomic E-state index is 4.66. The van der Waals surface area contributed by atoms with Gasteiger partial charge in [0.2, 0.25) is 0 Å². The Morgan fingerprint density at radius 2 is 1.42 bits per heavy atom. The van der Waals surface area contributed by atoms with E-state index in [0.717, 1.165) is 18.5 Å². The topological polar surface area (TPSA) is 30.7 Å². The molecule has 0 spiro atoms. The molecule has 1 heterocycles. The van der Waals surface area contributed by atoms with Gasteiger partial charge in [0.25, 0.3) is 0 Å². The van der Waals surface area contributed by atoms with Crippen LogP contribution in [0.5, 0.6) is 0 Å². The maximum absolute atomic E-state index is 4.66. The first kappa shape index (κ1) is 14.0. The third-order valence-electron chi connectivity index (χ3n) is 5.57. The van der Waals surface area contributed by atoms with E-state index in [-0.39, 0.29) is 0 Å². The van der Waals surface area contributed by atoms with Gasteiger partial charge in [0.15, 0.2) is 0 Å². The first-order valence-corrected chi connectivity index (χ1v) is 9.03. The smallest absolute Gasteiger partial charge is 0.121 e. The quantitative estimate of drug-likeness (QED) is 0.644. The van der Waals surface area contributed by atoms with E-state index < -0.39 is 0 Å². The van der Waals surface area contributed by atoms with Crippen LogP contribution >= 0.6 is 0 Å². The minimum Gasteiger partial charge on any atom is -0.241 e. The van der Waals surface area contributed by atoms with E-state index in [2.05, 4.69) is 63.5 Å². The Hall–Kier alpha value is -2.42. The van der Waals surface area contributed by atoms with Gasteiger partial charge >= 0.3 is 0 Å². The number of aromatic nitrogens is 3.